The summed E-state index contributed by atoms with van der Waals surface area (Å²) in [6, 6.07) is 7.35. The quantitative estimate of drug-likeness (QED) is 0.781. The zero-order valence-electron chi connectivity index (χ0n) is 11.8. The highest BCUT2D eigenvalue weighted by atomic mass is 79.9. The van der Waals surface area contributed by atoms with Crippen molar-refractivity contribution in [1.29, 1.82) is 0 Å². The first-order valence-corrected chi connectivity index (χ1v) is 7.22. The molecular formula is C14H22BrClN2O2. The van der Waals surface area contributed by atoms with Crippen molar-refractivity contribution in [3.05, 3.63) is 28.7 Å². The van der Waals surface area contributed by atoms with Crippen LogP contribution in [0, 0.1) is 0 Å². The highest BCUT2D eigenvalue weighted by molar-refractivity contribution is 9.10. The molecule has 0 saturated carbocycles. The third kappa shape index (κ3) is 6.59. The highest BCUT2D eigenvalue weighted by Crippen LogP contribution is 2.15. The first-order valence-electron chi connectivity index (χ1n) is 6.43. The molecule has 1 amide bonds. The van der Waals surface area contributed by atoms with Crippen LogP contribution in [-0.4, -0.2) is 24.6 Å². The molecule has 0 aromatic heterocycles. The first-order chi connectivity index (χ1) is 8.99. The fourth-order valence-electron chi connectivity index (χ4n) is 1.51. The minimum Gasteiger partial charge on any atom is -0.484 e. The summed E-state index contributed by atoms with van der Waals surface area (Å²) in [5.41, 5.74) is 5.78. The van der Waals surface area contributed by atoms with Gasteiger partial charge in [-0.05, 0) is 37.1 Å². The van der Waals surface area contributed by atoms with Gasteiger partial charge < -0.3 is 15.8 Å². The normalized spacial score (nSPS) is 10.6. The van der Waals surface area contributed by atoms with E-state index in [1.54, 1.807) is 0 Å². The first kappa shape index (κ1) is 19.2. The zero-order valence-corrected chi connectivity index (χ0v) is 14.2. The highest BCUT2D eigenvalue weighted by Gasteiger charge is 2.20. The maximum atomic E-state index is 11.7. The van der Waals surface area contributed by atoms with Crippen LogP contribution in [0.15, 0.2) is 28.7 Å². The lowest BCUT2D eigenvalue weighted by Crippen LogP contribution is -2.50. The van der Waals surface area contributed by atoms with Gasteiger partial charge in [-0.15, -0.1) is 12.4 Å². The number of carbonyl (C=O) groups excluding carboxylic acids is 1. The monoisotopic (exact) mass is 364 g/mol. The minimum atomic E-state index is -0.326. The Balaban J connectivity index is 0.00000361. The molecule has 4 nitrogen and oxygen atoms in total. The van der Waals surface area contributed by atoms with Gasteiger partial charge in [-0.1, -0.05) is 29.8 Å². The lowest BCUT2D eigenvalue weighted by Gasteiger charge is -2.26. The molecule has 0 bridgehead atoms. The molecule has 0 unspecified atom stereocenters. The Morgan fingerprint density at radius 1 is 1.30 bits per heavy atom. The van der Waals surface area contributed by atoms with Crippen LogP contribution in [-0.2, 0) is 4.79 Å². The van der Waals surface area contributed by atoms with Crippen LogP contribution in [0.3, 0.4) is 0 Å². The number of hydrogen-bond donors (Lipinski definition) is 2. The van der Waals surface area contributed by atoms with Gasteiger partial charge in [0.1, 0.15) is 5.75 Å². The molecule has 6 heteroatoms. The summed E-state index contributed by atoms with van der Waals surface area (Å²) in [4.78, 5) is 11.7. The molecule has 0 aliphatic heterocycles. The molecule has 3 N–H and O–H groups in total. The molecule has 114 valence electrons. The number of ether oxygens (including phenoxy) is 1. The van der Waals surface area contributed by atoms with E-state index >= 15 is 0 Å². The van der Waals surface area contributed by atoms with E-state index in [1.807, 2.05) is 38.1 Å². The maximum Gasteiger partial charge on any atom is 0.258 e. The summed E-state index contributed by atoms with van der Waals surface area (Å²) in [7, 11) is 0. The lowest BCUT2D eigenvalue weighted by molar-refractivity contribution is -0.123. The summed E-state index contributed by atoms with van der Waals surface area (Å²) in [6.45, 7) is 4.52. The molecule has 0 spiro atoms. The van der Waals surface area contributed by atoms with Gasteiger partial charge >= 0.3 is 0 Å². The van der Waals surface area contributed by atoms with Crippen LogP contribution in [0.4, 0.5) is 0 Å². The fraction of sp³-hybridized carbons (Fsp3) is 0.500. The summed E-state index contributed by atoms with van der Waals surface area (Å²) in [5.74, 6) is 0.517. The summed E-state index contributed by atoms with van der Waals surface area (Å²) < 4.78 is 6.36. The number of halogens is 2. The van der Waals surface area contributed by atoms with E-state index in [0.29, 0.717) is 12.3 Å². The molecule has 20 heavy (non-hydrogen) atoms. The summed E-state index contributed by atoms with van der Waals surface area (Å²) >= 11 is 3.34. The van der Waals surface area contributed by atoms with E-state index in [1.165, 1.54) is 0 Å². The van der Waals surface area contributed by atoms with Gasteiger partial charge in [0, 0.05) is 16.6 Å². The van der Waals surface area contributed by atoms with E-state index in [9.17, 15) is 4.79 Å². The molecule has 0 heterocycles. The average Bonchev–Trinajstić information content (AvgIpc) is 2.44. The van der Waals surface area contributed by atoms with Gasteiger partial charge in [-0.3, -0.25) is 4.79 Å². The van der Waals surface area contributed by atoms with Crippen molar-refractivity contribution < 1.29 is 9.53 Å². The Labute approximate surface area is 135 Å². The van der Waals surface area contributed by atoms with Gasteiger partial charge in [0.05, 0.1) is 0 Å². The SMILES string of the molecule is CCC(N)(CC)CNC(=O)COc1ccc(Br)cc1.Cl. The predicted octanol–water partition coefficient (Wildman–Crippen LogP) is 2.88. The van der Waals surface area contributed by atoms with Gasteiger partial charge in [-0.2, -0.15) is 0 Å². The van der Waals surface area contributed by atoms with Gasteiger partial charge in [0.15, 0.2) is 6.61 Å². The second-order valence-electron chi connectivity index (χ2n) is 4.59. The molecule has 0 radical (unpaired) electrons. The maximum absolute atomic E-state index is 11.7. The molecule has 0 saturated heterocycles. The Hall–Kier alpha value is -0.780. The molecule has 0 aliphatic rings. The number of carbonyl (C=O) groups is 1. The Kier molecular flexibility index (Phi) is 8.85. The van der Waals surface area contributed by atoms with Crippen molar-refractivity contribution in [2.75, 3.05) is 13.2 Å². The smallest absolute Gasteiger partial charge is 0.258 e. The predicted molar refractivity (Wildman–Crippen MR) is 87.4 cm³/mol. The molecule has 1 aromatic carbocycles. The van der Waals surface area contributed by atoms with E-state index in [4.69, 9.17) is 10.5 Å². The van der Waals surface area contributed by atoms with E-state index in [-0.39, 0.29) is 30.5 Å². The number of amides is 1. The van der Waals surface area contributed by atoms with Crippen molar-refractivity contribution in [2.45, 2.75) is 32.2 Å². The molecule has 1 aromatic rings. The third-order valence-electron chi connectivity index (χ3n) is 3.23. The van der Waals surface area contributed by atoms with Gasteiger partial charge in [0.25, 0.3) is 5.91 Å². The topological polar surface area (TPSA) is 64.3 Å². The van der Waals surface area contributed by atoms with E-state index in [0.717, 1.165) is 17.3 Å². The van der Waals surface area contributed by atoms with E-state index < -0.39 is 0 Å². The molecule has 0 fully saturated rings. The number of benzene rings is 1. The van der Waals surface area contributed by atoms with Gasteiger partial charge in [0.2, 0.25) is 0 Å². The summed E-state index contributed by atoms with van der Waals surface area (Å²) in [6.07, 6.45) is 1.66. The van der Waals surface area contributed by atoms with Crippen LogP contribution in [0.2, 0.25) is 0 Å². The largest absolute Gasteiger partial charge is 0.484 e. The number of rotatable bonds is 7. The molecular weight excluding hydrogens is 344 g/mol. The van der Waals surface area contributed by atoms with Crippen molar-refractivity contribution in [3.8, 4) is 5.75 Å². The van der Waals surface area contributed by atoms with Crippen LogP contribution < -0.4 is 15.8 Å². The zero-order chi connectivity index (χ0) is 14.3. The van der Waals surface area contributed by atoms with Crippen LogP contribution in [0.25, 0.3) is 0 Å². The Morgan fingerprint density at radius 3 is 2.35 bits per heavy atom. The molecule has 1 rings (SSSR count). The average molecular weight is 366 g/mol. The minimum absolute atomic E-state index is 0. The van der Waals surface area contributed by atoms with Crippen LogP contribution >= 0.6 is 28.3 Å². The number of hydrogen-bond acceptors (Lipinski definition) is 3. The summed E-state index contributed by atoms with van der Waals surface area (Å²) in [5, 5.41) is 2.81. The molecule has 0 aliphatic carbocycles. The Bertz CT molecular complexity index is 408. The third-order valence-corrected chi connectivity index (χ3v) is 3.76. The van der Waals surface area contributed by atoms with Crippen molar-refractivity contribution >= 4 is 34.2 Å². The number of nitrogens with one attached hydrogen (secondary N) is 1. The molecule has 0 atom stereocenters. The van der Waals surface area contributed by atoms with Gasteiger partial charge in [-0.25, -0.2) is 0 Å². The van der Waals surface area contributed by atoms with Crippen molar-refractivity contribution in [2.24, 2.45) is 5.73 Å². The van der Waals surface area contributed by atoms with Crippen LogP contribution in [0.5, 0.6) is 5.75 Å². The number of nitrogens with two attached hydrogens (primary N) is 1. The fourth-order valence-corrected chi connectivity index (χ4v) is 1.77. The van der Waals surface area contributed by atoms with Crippen LogP contribution in [0.1, 0.15) is 26.7 Å². The standard InChI is InChI=1S/C14H21BrN2O2.ClH/c1-3-14(16,4-2)10-17-13(18)9-19-12-7-5-11(15)6-8-12;/h5-8H,3-4,9-10,16H2,1-2H3,(H,17,18);1H. The second-order valence-corrected chi connectivity index (χ2v) is 5.50. The van der Waals surface area contributed by atoms with Crippen molar-refractivity contribution in [1.82, 2.24) is 5.32 Å². The van der Waals surface area contributed by atoms with Crippen molar-refractivity contribution in [3.63, 3.8) is 0 Å². The lowest BCUT2D eigenvalue weighted by atomic mass is 9.94. The second kappa shape index (κ2) is 9.21. The van der Waals surface area contributed by atoms with E-state index in [2.05, 4.69) is 21.2 Å². The Morgan fingerprint density at radius 2 is 1.85 bits per heavy atom.